The fourth-order valence-corrected chi connectivity index (χ4v) is 4.23. The van der Waals surface area contributed by atoms with Gasteiger partial charge in [-0.15, -0.1) is 0 Å². The molecule has 0 heterocycles. The van der Waals surface area contributed by atoms with E-state index in [4.69, 9.17) is 4.74 Å². The van der Waals surface area contributed by atoms with Gasteiger partial charge in [-0.2, -0.15) is 0 Å². The van der Waals surface area contributed by atoms with Crippen LogP contribution in [0.4, 0.5) is 0 Å². The lowest BCUT2D eigenvalue weighted by Crippen LogP contribution is -1.97. The van der Waals surface area contributed by atoms with Crippen LogP contribution >= 0.6 is 0 Å². The van der Waals surface area contributed by atoms with Crippen LogP contribution in [0.3, 0.4) is 0 Å². The van der Waals surface area contributed by atoms with Gasteiger partial charge in [0.15, 0.2) is 0 Å². The quantitative estimate of drug-likeness (QED) is 0.185. The van der Waals surface area contributed by atoms with E-state index in [1.165, 1.54) is 122 Å². The molecule has 1 aromatic carbocycles. The van der Waals surface area contributed by atoms with E-state index < -0.39 is 0 Å². The number of hydrogen-bond donors (Lipinski definition) is 1. The highest BCUT2D eigenvalue weighted by atomic mass is 16.5. The fourth-order valence-electron chi connectivity index (χ4n) is 4.23. The molecule has 0 amide bonds. The summed E-state index contributed by atoms with van der Waals surface area (Å²) in [5.41, 5.74) is 0.895. The van der Waals surface area contributed by atoms with Crippen molar-refractivity contribution >= 4 is 0 Å². The number of rotatable bonds is 22. The Morgan fingerprint density at radius 3 is 1.35 bits per heavy atom. The second-order valence-corrected chi connectivity index (χ2v) is 9.51. The lowest BCUT2D eigenvalue weighted by atomic mass is 10.0. The zero-order valence-electron chi connectivity index (χ0n) is 20.9. The van der Waals surface area contributed by atoms with Crippen LogP contribution in [0.5, 0.6) is 11.5 Å². The van der Waals surface area contributed by atoms with E-state index >= 15 is 0 Å². The normalized spacial score (nSPS) is 11.2. The summed E-state index contributed by atoms with van der Waals surface area (Å²) in [5.74, 6) is 1.10. The second-order valence-electron chi connectivity index (χ2n) is 9.51. The molecular weight excluding hydrogens is 380 g/mol. The van der Waals surface area contributed by atoms with Crippen molar-refractivity contribution in [1.29, 1.82) is 0 Å². The molecule has 0 fully saturated rings. The highest BCUT2D eigenvalue weighted by Gasteiger charge is 1.99. The summed E-state index contributed by atoms with van der Waals surface area (Å²) in [4.78, 5) is 0. The van der Waals surface area contributed by atoms with Gasteiger partial charge in [-0.3, -0.25) is 0 Å². The van der Waals surface area contributed by atoms with Gasteiger partial charge in [0, 0.05) is 6.07 Å². The van der Waals surface area contributed by atoms with Gasteiger partial charge in [-0.1, -0.05) is 135 Å². The van der Waals surface area contributed by atoms with Gasteiger partial charge in [0.05, 0.1) is 6.61 Å². The molecule has 0 bridgehead atoms. The summed E-state index contributed by atoms with van der Waals surface area (Å²) in [6.45, 7) is 4.95. The average molecular weight is 433 g/mol. The predicted octanol–water partition coefficient (Wildman–Crippen LogP) is 9.90. The van der Waals surface area contributed by atoms with Gasteiger partial charge in [0.1, 0.15) is 11.5 Å². The molecule has 0 aliphatic rings. The van der Waals surface area contributed by atoms with Crippen molar-refractivity contribution in [2.24, 2.45) is 0 Å². The first-order valence-corrected chi connectivity index (χ1v) is 13.7. The Kier molecular flexibility index (Phi) is 18.6. The number of unbranched alkanes of at least 4 members (excludes halogenated alkanes) is 19. The monoisotopic (exact) mass is 432 g/mol. The average Bonchev–Trinajstić information content (AvgIpc) is 2.77. The molecular formula is C29H52O2. The highest BCUT2D eigenvalue weighted by molar-refractivity contribution is 5.38. The molecule has 1 rings (SSSR count). The standard InChI is InChI=1S/C29H52O2/c1-3-4-5-6-7-8-9-10-11-12-13-14-15-16-17-18-19-20-21-22-25-31-28-24-23-27(2)29(30)26-28/h23-24,26,30H,3-22,25H2,1-2H3. The van der Waals surface area contributed by atoms with Crippen LogP contribution in [-0.4, -0.2) is 11.7 Å². The fraction of sp³-hybridized carbons (Fsp3) is 0.793. The molecule has 0 saturated carbocycles. The van der Waals surface area contributed by atoms with Crippen molar-refractivity contribution in [1.82, 2.24) is 0 Å². The van der Waals surface area contributed by atoms with Crippen LogP contribution < -0.4 is 4.74 Å². The first-order valence-electron chi connectivity index (χ1n) is 13.7. The third-order valence-electron chi connectivity index (χ3n) is 6.45. The molecule has 0 aromatic heterocycles. The Morgan fingerprint density at radius 1 is 0.581 bits per heavy atom. The van der Waals surface area contributed by atoms with Crippen molar-refractivity contribution in [3.05, 3.63) is 23.8 Å². The predicted molar refractivity (Wildman–Crippen MR) is 136 cm³/mol. The van der Waals surface area contributed by atoms with E-state index in [-0.39, 0.29) is 0 Å². The number of phenolic OH excluding ortho intramolecular Hbond substituents is 1. The minimum atomic E-state index is 0.320. The zero-order chi connectivity index (χ0) is 22.4. The van der Waals surface area contributed by atoms with Crippen molar-refractivity contribution in [2.75, 3.05) is 6.61 Å². The maximum absolute atomic E-state index is 9.69. The Balaban J connectivity index is 1.72. The molecule has 0 aliphatic heterocycles. The molecule has 0 atom stereocenters. The van der Waals surface area contributed by atoms with Crippen LogP contribution in [-0.2, 0) is 0 Å². The van der Waals surface area contributed by atoms with Crippen molar-refractivity contribution in [3.8, 4) is 11.5 Å². The maximum Gasteiger partial charge on any atom is 0.122 e. The van der Waals surface area contributed by atoms with Gasteiger partial charge < -0.3 is 9.84 Å². The molecule has 0 saturated heterocycles. The Morgan fingerprint density at radius 2 is 0.968 bits per heavy atom. The van der Waals surface area contributed by atoms with Crippen LogP contribution in [0.15, 0.2) is 18.2 Å². The summed E-state index contributed by atoms with van der Waals surface area (Å²) < 4.78 is 5.72. The lowest BCUT2D eigenvalue weighted by molar-refractivity contribution is 0.302. The Labute approximate surface area is 194 Å². The van der Waals surface area contributed by atoms with Gasteiger partial charge in [-0.05, 0) is 25.0 Å². The first-order chi connectivity index (χ1) is 15.2. The van der Waals surface area contributed by atoms with Crippen LogP contribution in [0.2, 0.25) is 0 Å². The summed E-state index contributed by atoms with van der Waals surface area (Å²) in [7, 11) is 0. The van der Waals surface area contributed by atoms with Crippen LogP contribution in [0.25, 0.3) is 0 Å². The number of benzene rings is 1. The van der Waals surface area contributed by atoms with E-state index in [0.717, 1.165) is 24.3 Å². The third kappa shape index (κ3) is 17.1. The molecule has 180 valence electrons. The second kappa shape index (κ2) is 20.7. The van der Waals surface area contributed by atoms with Crippen molar-refractivity contribution < 1.29 is 9.84 Å². The van der Waals surface area contributed by atoms with E-state index in [1.807, 2.05) is 19.1 Å². The number of ether oxygens (including phenoxy) is 1. The van der Waals surface area contributed by atoms with E-state index in [9.17, 15) is 5.11 Å². The minimum absolute atomic E-state index is 0.320. The number of aromatic hydroxyl groups is 1. The Hall–Kier alpha value is -1.18. The van der Waals surface area contributed by atoms with Crippen molar-refractivity contribution in [2.45, 2.75) is 142 Å². The zero-order valence-corrected chi connectivity index (χ0v) is 20.9. The SMILES string of the molecule is CCCCCCCCCCCCCCCCCCCCCCOc1ccc(C)c(O)c1. The summed E-state index contributed by atoms with van der Waals surface area (Å²) in [6, 6.07) is 5.55. The van der Waals surface area contributed by atoms with Gasteiger partial charge in [0.25, 0.3) is 0 Å². The molecule has 0 aliphatic carbocycles. The first kappa shape index (κ1) is 27.9. The molecule has 2 nitrogen and oxygen atoms in total. The maximum atomic E-state index is 9.69. The largest absolute Gasteiger partial charge is 0.508 e. The number of aryl methyl sites for hydroxylation is 1. The van der Waals surface area contributed by atoms with Crippen molar-refractivity contribution in [3.63, 3.8) is 0 Å². The molecule has 0 spiro atoms. The van der Waals surface area contributed by atoms with E-state index in [2.05, 4.69) is 6.92 Å². The smallest absolute Gasteiger partial charge is 0.122 e. The van der Waals surface area contributed by atoms with Gasteiger partial charge in [-0.25, -0.2) is 0 Å². The summed E-state index contributed by atoms with van der Waals surface area (Å²) in [5, 5.41) is 9.69. The third-order valence-corrected chi connectivity index (χ3v) is 6.45. The molecule has 1 aromatic rings. The minimum Gasteiger partial charge on any atom is -0.508 e. The number of hydrogen-bond acceptors (Lipinski definition) is 2. The van der Waals surface area contributed by atoms with Crippen LogP contribution in [0.1, 0.15) is 141 Å². The highest BCUT2D eigenvalue weighted by Crippen LogP contribution is 2.23. The summed E-state index contributed by atoms with van der Waals surface area (Å²) in [6.07, 6.45) is 28.1. The molecule has 0 radical (unpaired) electrons. The molecule has 1 N–H and O–H groups in total. The van der Waals surface area contributed by atoms with Crippen LogP contribution in [0, 0.1) is 6.92 Å². The summed E-state index contributed by atoms with van der Waals surface area (Å²) >= 11 is 0. The van der Waals surface area contributed by atoms with Gasteiger partial charge in [0.2, 0.25) is 0 Å². The molecule has 31 heavy (non-hydrogen) atoms. The van der Waals surface area contributed by atoms with E-state index in [1.54, 1.807) is 6.07 Å². The van der Waals surface area contributed by atoms with E-state index in [0.29, 0.717) is 5.75 Å². The Bertz CT molecular complexity index is 511. The molecule has 2 heteroatoms. The molecule has 0 unspecified atom stereocenters. The topological polar surface area (TPSA) is 29.5 Å². The lowest BCUT2D eigenvalue weighted by Gasteiger charge is -2.07. The number of phenols is 1. The van der Waals surface area contributed by atoms with Gasteiger partial charge >= 0.3 is 0 Å².